The van der Waals surface area contributed by atoms with Crippen LogP contribution in [0.3, 0.4) is 0 Å². The Labute approximate surface area is 115 Å². The molecule has 1 aliphatic rings. The number of hydrogen-bond donors (Lipinski definition) is 1. The van der Waals surface area contributed by atoms with Gasteiger partial charge in [-0.3, -0.25) is 9.79 Å². The highest BCUT2D eigenvalue weighted by Gasteiger charge is 2.18. The third kappa shape index (κ3) is 3.10. The molecule has 1 aromatic carbocycles. The summed E-state index contributed by atoms with van der Waals surface area (Å²) in [6, 6.07) is 6.06. The Bertz CT molecular complexity index is 499. The normalized spacial score (nSPS) is 14.6. The first-order valence-corrected chi connectivity index (χ1v) is 6.67. The number of rotatable bonds is 3. The van der Waals surface area contributed by atoms with Crippen molar-refractivity contribution in [2.75, 3.05) is 25.0 Å². The van der Waals surface area contributed by atoms with Crippen LogP contribution in [0.4, 0.5) is 5.69 Å². The molecule has 1 aliphatic heterocycles. The van der Waals surface area contributed by atoms with Gasteiger partial charge in [0.25, 0.3) is 0 Å². The quantitative estimate of drug-likeness (QED) is 0.932. The summed E-state index contributed by atoms with van der Waals surface area (Å²) in [6.07, 6.45) is 0. The number of aryl methyl sites for hydroxylation is 1. The minimum absolute atomic E-state index is 0.150. The molecule has 2 rings (SSSR count). The summed E-state index contributed by atoms with van der Waals surface area (Å²) in [5.41, 5.74) is 2.16. The van der Waals surface area contributed by atoms with Gasteiger partial charge in [-0.1, -0.05) is 22.0 Å². The number of anilines is 1. The van der Waals surface area contributed by atoms with Crippen LogP contribution in [-0.4, -0.2) is 36.3 Å². The molecule has 0 radical (unpaired) electrons. The van der Waals surface area contributed by atoms with Gasteiger partial charge >= 0.3 is 0 Å². The van der Waals surface area contributed by atoms with E-state index in [0.29, 0.717) is 6.54 Å². The smallest absolute Gasteiger partial charge is 0.199 e. The SMILES string of the molecule is CC(=O)CN1CCN=C1Nc1cc(Br)ccc1C. The second kappa shape index (κ2) is 5.52. The van der Waals surface area contributed by atoms with E-state index in [9.17, 15) is 4.79 Å². The van der Waals surface area contributed by atoms with E-state index in [4.69, 9.17) is 0 Å². The minimum atomic E-state index is 0.150. The van der Waals surface area contributed by atoms with Crippen molar-refractivity contribution in [3.05, 3.63) is 28.2 Å². The highest BCUT2D eigenvalue weighted by molar-refractivity contribution is 9.10. The largest absolute Gasteiger partial charge is 0.334 e. The third-order valence-corrected chi connectivity index (χ3v) is 3.28. The average molecular weight is 310 g/mol. The van der Waals surface area contributed by atoms with Crippen molar-refractivity contribution in [2.24, 2.45) is 4.99 Å². The lowest BCUT2D eigenvalue weighted by atomic mass is 10.2. The molecule has 0 saturated carbocycles. The van der Waals surface area contributed by atoms with Crippen LogP contribution in [0, 0.1) is 6.92 Å². The Balaban J connectivity index is 2.13. The molecule has 0 amide bonds. The van der Waals surface area contributed by atoms with E-state index in [-0.39, 0.29) is 5.78 Å². The van der Waals surface area contributed by atoms with Gasteiger partial charge in [0.1, 0.15) is 5.78 Å². The molecule has 0 fully saturated rings. The highest BCUT2D eigenvalue weighted by Crippen LogP contribution is 2.21. The number of hydrogen-bond acceptors (Lipinski definition) is 4. The Kier molecular flexibility index (Phi) is 4.01. The first-order valence-electron chi connectivity index (χ1n) is 5.88. The molecular formula is C13H16BrN3O. The molecule has 0 aliphatic carbocycles. The average Bonchev–Trinajstić information content (AvgIpc) is 2.70. The third-order valence-electron chi connectivity index (χ3n) is 2.79. The number of benzene rings is 1. The predicted octanol–water partition coefficient (Wildman–Crippen LogP) is 2.43. The molecule has 4 nitrogen and oxygen atoms in total. The van der Waals surface area contributed by atoms with Crippen LogP contribution in [0.2, 0.25) is 0 Å². The number of nitrogens with one attached hydrogen (secondary N) is 1. The zero-order valence-corrected chi connectivity index (χ0v) is 12.1. The molecule has 0 spiro atoms. The fraction of sp³-hybridized carbons (Fsp3) is 0.385. The number of guanidine groups is 1. The van der Waals surface area contributed by atoms with E-state index in [1.165, 1.54) is 0 Å². The first kappa shape index (κ1) is 13.1. The topological polar surface area (TPSA) is 44.7 Å². The maximum absolute atomic E-state index is 11.2. The van der Waals surface area contributed by atoms with Crippen LogP contribution in [-0.2, 0) is 4.79 Å². The predicted molar refractivity (Wildman–Crippen MR) is 77.1 cm³/mol. The lowest BCUT2D eigenvalue weighted by Crippen LogP contribution is -2.36. The summed E-state index contributed by atoms with van der Waals surface area (Å²) in [4.78, 5) is 17.6. The number of Topliss-reactive ketones (excluding diaryl/α,β-unsaturated/α-hetero) is 1. The number of nitrogens with zero attached hydrogens (tertiary/aromatic N) is 2. The summed E-state index contributed by atoms with van der Waals surface area (Å²) in [7, 11) is 0. The van der Waals surface area contributed by atoms with Crippen molar-refractivity contribution in [1.82, 2.24) is 4.90 Å². The Morgan fingerprint density at radius 3 is 3.06 bits per heavy atom. The summed E-state index contributed by atoms with van der Waals surface area (Å²) in [6.45, 7) is 5.59. The molecule has 0 atom stereocenters. The molecule has 1 aromatic rings. The van der Waals surface area contributed by atoms with Gasteiger partial charge in [0, 0.05) is 16.7 Å². The van der Waals surface area contributed by atoms with E-state index in [2.05, 4.69) is 26.2 Å². The van der Waals surface area contributed by atoms with Gasteiger partial charge in [-0.2, -0.15) is 0 Å². The summed E-state index contributed by atoms with van der Waals surface area (Å²) in [5.74, 6) is 0.934. The van der Waals surface area contributed by atoms with Crippen molar-refractivity contribution in [3.63, 3.8) is 0 Å². The van der Waals surface area contributed by atoms with Crippen LogP contribution in [0.5, 0.6) is 0 Å². The Morgan fingerprint density at radius 1 is 1.56 bits per heavy atom. The number of ketones is 1. The van der Waals surface area contributed by atoms with Crippen LogP contribution in [0.15, 0.2) is 27.7 Å². The van der Waals surface area contributed by atoms with Gasteiger partial charge in [-0.15, -0.1) is 0 Å². The van der Waals surface area contributed by atoms with E-state index in [0.717, 1.165) is 34.8 Å². The monoisotopic (exact) mass is 309 g/mol. The van der Waals surface area contributed by atoms with E-state index < -0.39 is 0 Å². The van der Waals surface area contributed by atoms with Gasteiger partial charge in [-0.25, -0.2) is 0 Å². The molecule has 5 heteroatoms. The lowest BCUT2D eigenvalue weighted by Gasteiger charge is -2.20. The maximum Gasteiger partial charge on any atom is 0.199 e. The molecule has 0 saturated heterocycles. The van der Waals surface area contributed by atoms with E-state index in [1.807, 2.05) is 30.0 Å². The molecule has 96 valence electrons. The molecule has 0 unspecified atom stereocenters. The minimum Gasteiger partial charge on any atom is -0.334 e. The second-order valence-electron chi connectivity index (χ2n) is 4.41. The Hall–Kier alpha value is -1.36. The zero-order chi connectivity index (χ0) is 13.1. The fourth-order valence-electron chi connectivity index (χ4n) is 1.87. The van der Waals surface area contributed by atoms with E-state index >= 15 is 0 Å². The number of carbonyl (C=O) groups excluding carboxylic acids is 1. The van der Waals surface area contributed by atoms with Gasteiger partial charge < -0.3 is 10.2 Å². The molecule has 18 heavy (non-hydrogen) atoms. The van der Waals surface area contributed by atoms with Crippen LogP contribution >= 0.6 is 15.9 Å². The molecule has 1 N–H and O–H groups in total. The van der Waals surface area contributed by atoms with Gasteiger partial charge in [0.05, 0.1) is 13.1 Å². The number of carbonyl (C=O) groups is 1. The Morgan fingerprint density at radius 2 is 2.33 bits per heavy atom. The van der Waals surface area contributed by atoms with Crippen molar-refractivity contribution < 1.29 is 4.79 Å². The maximum atomic E-state index is 11.2. The summed E-state index contributed by atoms with van der Waals surface area (Å²) < 4.78 is 1.02. The van der Waals surface area contributed by atoms with Crippen molar-refractivity contribution in [3.8, 4) is 0 Å². The highest BCUT2D eigenvalue weighted by atomic mass is 79.9. The summed E-state index contributed by atoms with van der Waals surface area (Å²) >= 11 is 3.45. The number of aliphatic imine (C=N–C) groups is 1. The fourth-order valence-corrected chi connectivity index (χ4v) is 2.23. The molecule has 1 heterocycles. The number of halogens is 1. The molecular weight excluding hydrogens is 294 g/mol. The van der Waals surface area contributed by atoms with Gasteiger partial charge in [-0.05, 0) is 31.5 Å². The second-order valence-corrected chi connectivity index (χ2v) is 5.33. The van der Waals surface area contributed by atoms with Crippen molar-refractivity contribution in [2.45, 2.75) is 13.8 Å². The standard InChI is InChI=1S/C13H16BrN3O/c1-9-3-4-11(14)7-12(9)16-13-15-5-6-17(13)8-10(2)18/h3-4,7H,5-6,8H2,1-2H3,(H,15,16). The van der Waals surface area contributed by atoms with Crippen molar-refractivity contribution >= 4 is 33.4 Å². The van der Waals surface area contributed by atoms with Crippen LogP contribution < -0.4 is 5.32 Å². The lowest BCUT2D eigenvalue weighted by molar-refractivity contribution is -0.117. The molecule has 0 aromatic heterocycles. The van der Waals surface area contributed by atoms with Gasteiger partial charge in [0.15, 0.2) is 5.96 Å². The van der Waals surface area contributed by atoms with Crippen LogP contribution in [0.1, 0.15) is 12.5 Å². The van der Waals surface area contributed by atoms with Crippen LogP contribution in [0.25, 0.3) is 0 Å². The van der Waals surface area contributed by atoms with E-state index in [1.54, 1.807) is 6.92 Å². The zero-order valence-electron chi connectivity index (χ0n) is 10.5. The molecule has 0 bridgehead atoms. The van der Waals surface area contributed by atoms with Gasteiger partial charge in [0.2, 0.25) is 0 Å². The summed E-state index contributed by atoms with van der Waals surface area (Å²) in [5, 5.41) is 3.30. The van der Waals surface area contributed by atoms with Crippen molar-refractivity contribution in [1.29, 1.82) is 0 Å². The first-order chi connectivity index (χ1) is 8.56.